The zero-order valence-corrected chi connectivity index (χ0v) is 13.8. The molecule has 2 aromatic rings. The fourth-order valence-electron chi connectivity index (χ4n) is 4.03. The molecule has 130 valence electrons. The molecule has 0 spiro atoms. The van der Waals surface area contributed by atoms with Crippen LogP contribution in [0.4, 0.5) is 0 Å². The highest BCUT2D eigenvalue weighted by molar-refractivity contribution is 6.22. The van der Waals surface area contributed by atoms with Crippen molar-refractivity contribution in [1.29, 1.82) is 0 Å². The van der Waals surface area contributed by atoms with Crippen LogP contribution in [0.2, 0.25) is 0 Å². The van der Waals surface area contributed by atoms with Gasteiger partial charge >= 0.3 is 5.63 Å². The minimum Gasteiger partial charge on any atom is -0.496 e. The zero-order valence-electron chi connectivity index (χ0n) is 13.1. The Balaban J connectivity index is 1.88. The van der Waals surface area contributed by atoms with E-state index in [4.69, 9.17) is 30.2 Å². The highest BCUT2D eigenvalue weighted by Crippen LogP contribution is 2.53. The number of benzene rings is 1. The molecule has 1 N–H and O–H groups in total. The Kier molecular flexibility index (Phi) is 3.02. The normalized spacial score (nSPS) is 29.5. The maximum absolute atomic E-state index is 12.4. The molecule has 3 heterocycles. The molecule has 25 heavy (non-hydrogen) atoms. The topological polar surface area (TPSA) is 95.2 Å². The number of ether oxygens (including phenoxy) is 3. The Bertz CT molecular complexity index is 995. The molecule has 4 unspecified atom stereocenters. The first kappa shape index (κ1) is 15.2. The number of halogens is 1. The van der Waals surface area contributed by atoms with Gasteiger partial charge in [0.15, 0.2) is 12.1 Å². The summed E-state index contributed by atoms with van der Waals surface area (Å²) in [6.45, 7) is 0. The molecule has 4 atom stereocenters. The van der Waals surface area contributed by atoms with Crippen molar-refractivity contribution in [2.45, 2.75) is 36.7 Å². The molecule has 1 aromatic carbocycles. The smallest absolute Gasteiger partial charge is 0.347 e. The Morgan fingerprint density at radius 1 is 1.32 bits per heavy atom. The molecule has 0 amide bonds. The van der Waals surface area contributed by atoms with Crippen LogP contribution in [-0.4, -0.2) is 36.0 Å². The van der Waals surface area contributed by atoms with Crippen molar-refractivity contribution < 1.29 is 28.5 Å². The van der Waals surface area contributed by atoms with Crippen LogP contribution < -0.4 is 15.1 Å². The summed E-state index contributed by atoms with van der Waals surface area (Å²) in [5, 5.41) is 9.68. The van der Waals surface area contributed by atoms with Crippen molar-refractivity contribution in [3.8, 4) is 11.5 Å². The third-order valence-electron chi connectivity index (χ3n) is 5.11. The summed E-state index contributed by atoms with van der Waals surface area (Å²) in [4.78, 5) is 24.4. The Hall–Kier alpha value is -2.09. The van der Waals surface area contributed by atoms with Gasteiger partial charge in [0.05, 0.1) is 23.8 Å². The minimum atomic E-state index is -1.18. The third kappa shape index (κ3) is 1.83. The second kappa shape index (κ2) is 4.97. The van der Waals surface area contributed by atoms with Crippen LogP contribution >= 0.6 is 11.6 Å². The Morgan fingerprint density at radius 2 is 2.12 bits per heavy atom. The Morgan fingerprint density at radius 3 is 2.88 bits per heavy atom. The molecule has 3 aliphatic rings. The molecule has 7 nitrogen and oxygen atoms in total. The first-order chi connectivity index (χ1) is 12.0. The van der Waals surface area contributed by atoms with E-state index in [2.05, 4.69) is 0 Å². The van der Waals surface area contributed by atoms with Crippen molar-refractivity contribution >= 4 is 28.4 Å². The molecular weight excluding hydrogens is 352 g/mol. The van der Waals surface area contributed by atoms with Crippen LogP contribution in [0, 0.1) is 0 Å². The zero-order chi connectivity index (χ0) is 17.5. The number of aryl methyl sites for hydroxylation is 1. The monoisotopic (exact) mass is 364 g/mol. The van der Waals surface area contributed by atoms with Gasteiger partial charge in [-0.1, -0.05) is 0 Å². The van der Waals surface area contributed by atoms with Crippen LogP contribution in [-0.2, 0) is 11.2 Å². The Labute approximate surface area is 146 Å². The van der Waals surface area contributed by atoms with E-state index in [1.54, 1.807) is 6.07 Å². The standard InChI is InChI=1S/C17H13ClO7/c1-22-7-4-8-11(12-13(18)16(21)25-17(12)23-8)14-10(7)5-2-3-6(19)9(5)15(20)24-14/h4,12-13,16-17,21H,2-3H2,1H3. The van der Waals surface area contributed by atoms with E-state index in [9.17, 15) is 14.7 Å². The summed E-state index contributed by atoms with van der Waals surface area (Å²) in [6, 6.07) is 1.68. The van der Waals surface area contributed by atoms with Crippen LogP contribution in [0.25, 0.3) is 11.0 Å². The van der Waals surface area contributed by atoms with Crippen molar-refractivity contribution in [1.82, 2.24) is 0 Å². The van der Waals surface area contributed by atoms with Crippen LogP contribution in [0.3, 0.4) is 0 Å². The van der Waals surface area contributed by atoms with E-state index in [1.807, 2.05) is 0 Å². The van der Waals surface area contributed by atoms with Gasteiger partial charge in [-0.15, -0.1) is 11.6 Å². The molecule has 2 aliphatic heterocycles. The number of rotatable bonds is 1. The number of carbonyl (C=O) groups is 1. The van der Waals surface area contributed by atoms with Gasteiger partial charge in [0.1, 0.15) is 22.6 Å². The predicted octanol–water partition coefficient (Wildman–Crippen LogP) is 1.69. The number of ketones is 1. The van der Waals surface area contributed by atoms with Crippen molar-refractivity contribution in [2.24, 2.45) is 0 Å². The number of hydrogen-bond donors (Lipinski definition) is 1. The predicted molar refractivity (Wildman–Crippen MR) is 85.6 cm³/mol. The van der Waals surface area contributed by atoms with E-state index in [0.717, 1.165) is 0 Å². The second-order valence-corrected chi connectivity index (χ2v) is 6.85. The van der Waals surface area contributed by atoms with Crippen LogP contribution in [0.5, 0.6) is 11.5 Å². The molecule has 0 radical (unpaired) electrons. The number of carbonyl (C=O) groups excluding carboxylic acids is 1. The third-order valence-corrected chi connectivity index (χ3v) is 5.59. The summed E-state index contributed by atoms with van der Waals surface area (Å²) >= 11 is 6.29. The van der Waals surface area contributed by atoms with Crippen molar-refractivity contribution in [2.75, 3.05) is 7.11 Å². The molecule has 1 saturated heterocycles. The molecule has 1 fully saturated rings. The van der Waals surface area contributed by atoms with Crippen LogP contribution in [0.15, 0.2) is 15.3 Å². The molecule has 5 rings (SSSR count). The van der Waals surface area contributed by atoms with Crippen LogP contribution in [0.1, 0.15) is 33.8 Å². The van der Waals surface area contributed by atoms with Gasteiger partial charge in [0, 0.05) is 18.1 Å². The average molecular weight is 365 g/mol. The van der Waals surface area contributed by atoms with Gasteiger partial charge in [-0.3, -0.25) is 4.79 Å². The SMILES string of the molecule is COc1cc2c(c3oc(=O)c4c(c13)CCC4=O)C1C(O2)OC(O)C1Cl. The number of Topliss-reactive ketones (excluding diaryl/α,β-unsaturated/α-hetero) is 1. The summed E-state index contributed by atoms with van der Waals surface area (Å²) < 4.78 is 22.0. The highest BCUT2D eigenvalue weighted by atomic mass is 35.5. The highest BCUT2D eigenvalue weighted by Gasteiger charge is 2.52. The molecule has 0 saturated carbocycles. The van der Waals surface area contributed by atoms with Gasteiger partial charge in [-0.05, 0) is 12.0 Å². The number of alkyl halides is 1. The van der Waals surface area contributed by atoms with Crippen molar-refractivity contribution in [3.63, 3.8) is 0 Å². The quantitative estimate of drug-likeness (QED) is 0.607. The van der Waals surface area contributed by atoms with Gasteiger partial charge in [0.2, 0.25) is 6.29 Å². The summed E-state index contributed by atoms with van der Waals surface area (Å²) in [5.41, 5.74) is 0.894. The maximum atomic E-state index is 12.4. The minimum absolute atomic E-state index is 0.0892. The first-order valence-electron chi connectivity index (χ1n) is 7.89. The molecular formula is C17H13ClO7. The summed E-state index contributed by atoms with van der Waals surface area (Å²) in [7, 11) is 1.50. The molecule has 1 aliphatic carbocycles. The van der Waals surface area contributed by atoms with E-state index >= 15 is 0 Å². The molecule has 0 bridgehead atoms. The largest absolute Gasteiger partial charge is 0.496 e. The maximum Gasteiger partial charge on any atom is 0.347 e. The van der Waals surface area contributed by atoms with E-state index < -0.39 is 29.5 Å². The van der Waals surface area contributed by atoms with E-state index in [-0.39, 0.29) is 23.4 Å². The lowest BCUT2D eigenvalue weighted by molar-refractivity contribution is -0.146. The summed E-state index contributed by atoms with van der Waals surface area (Å²) in [5.74, 6) is 0.176. The van der Waals surface area contributed by atoms with Gasteiger partial charge < -0.3 is 23.7 Å². The fourth-order valence-corrected chi connectivity index (χ4v) is 4.33. The van der Waals surface area contributed by atoms with E-state index in [0.29, 0.717) is 34.4 Å². The molecule has 1 aromatic heterocycles. The fraction of sp³-hybridized carbons (Fsp3) is 0.412. The number of aliphatic hydroxyl groups is 1. The summed E-state index contributed by atoms with van der Waals surface area (Å²) in [6.07, 6.45) is -1.22. The number of hydrogen-bond acceptors (Lipinski definition) is 7. The lowest BCUT2D eigenvalue weighted by Gasteiger charge is -2.15. The molecule has 8 heteroatoms. The second-order valence-electron chi connectivity index (χ2n) is 6.34. The van der Waals surface area contributed by atoms with E-state index in [1.165, 1.54) is 7.11 Å². The first-order valence-corrected chi connectivity index (χ1v) is 8.33. The van der Waals surface area contributed by atoms with Gasteiger partial charge in [0.25, 0.3) is 0 Å². The lowest BCUT2D eigenvalue weighted by atomic mass is 9.93. The number of fused-ring (bicyclic) bond motifs is 7. The number of methoxy groups -OCH3 is 1. The lowest BCUT2D eigenvalue weighted by Crippen LogP contribution is -2.19. The van der Waals surface area contributed by atoms with Gasteiger partial charge in [-0.2, -0.15) is 0 Å². The van der Waals surface area contributed by atoms with Gasteiger partial charge in [-0.25, -0.2) is 4.79 Å². The average Bonchev–Trinajstić information content (AvgIpc) is 3.21. The number of aliphatic hydroxyl groups excluding tert-OH is 1. The van der Waals surface area contributed by atoms with Crippen molar-refractivity contribution in [3.05, 3.63) is 33.2 Å².